The van der Waals surface area contributed by atoms with Crippen LogP contribution in [-0.2, 0) is 11.3 Å². The van der Waals surface area contributed by atoms with Crippen molar-refractivity contribution >= 4 is 39.5 Å². The standard InChI is InChI=1S/C21H18N2O2S/c1-13-8-9-17-16(11-13)21(14(2)23(17)12-19(24)25)26-18-7-3-5-15-6-4-10-22-20(15)18/h3-11H,12H2,1-2H3,(H,24,25). The topological polar surface area (TPSA) is 55.1 Å². The number of fused-ring (bicyclic) bond motifs is 2. The first-order valence-electron chi connectivity index (χ1n) is 8.37. The second kappa shape index (κ2) is 6.50. The number of carboxylic acid groups (broad SMARTS) is 1. The molecule has 0 saturated heterocycles. The van der Waals surface area contributed by atoms with E-state index < -0.39 is 5.97 Å². The molecule has 5 heteroatoms. The fourth-order valence-electron chi connectivity index (χ4n) is 3.30. The molecule has 0 spiro atoms. The predicted octanol–water partition coefficient (Wildman–Crippen LogP) is 5.04. The molecule has 0 saturated carbocycles. The van der Waals surface area contributed by atoms with E-state index in [0.29, 0.717) is 0 Å². The highest BCUT2D eigenvalue weighted by atomic mass is 32.2. The van der Waals surface area contributed by atoms with Gasteiger partial charge in [0.15, 0.2) is 0 Å². The molecule has 0 bridgehead atoms. The minimum absolute atomic E-state index is 0.0419. The Bertz CT molecular complexity index is 1140. The number of aromatic nitrogens is 2. The van der Waals surface area contributed by atoms with Crippen molar-refractivity contribution in [3.63, 3.8) is 0 Å². The van der Waals surface area contributed by atoms with Crippen LogP contribution in [-0.4, -0.2) is 20.6 Å². The van der Waals surface area contributed by atoms with Gasteiger partial charge < -0.3 is 9.67 Å². The van der Waals surface area contributed by atoms with E-state index >= 15 is 0 Å². The lowest BCUT2D eigenvalue weighted by atomic mass is 10.2. The zero-order chi connectivity index (χ0) is 18.3. The fourth-order valence-corrected chi connectivity index (χ4v) is 4.47. The molecule has 0 aliphatic heterocycles. The second-order valence-corrected chi connectivity index (χ2v) is 7.40. The van der Waals surface area contributed by atoms with Gasteiger partial charge in [-0.2, -0.15) is 0 Å². The molecule has 130 valence electrons. The van der Waals surface area contributed by atoms with Crippen LogP contribution in [0.1, 0.15) is 11.3 Å². The van der Waals surface area contributed by atoms with Crippen molar-refractivity contribution in [1.29, 1.82) is 0 Å². The molecule has 4 nitrogen and oxygen atoms in total. The predicted molar refractivity (Wildman–Crippen MR) is 105 cm³/mol. The number of hydrogen-bond acceptors (Lipinski definition) is 3. The van der Waals surface area contributed by atoms with Crippen LogP contribution in [0.3, 0.4) is 0 Å². The van der Waals surface area contributed by atoms with Gasteiger partial charge in [-0.15, -0.1) is 0 Å². The highest BCUT2D eigenvalue weighted by Crippen LogP contribution is 2.40. The van der Waals surface area contributed by atoms with E-state index in [2.05, 4.69) is 36.2 Å². The summed E-state index contributed by atoms with van der Waals surface area (Å²) in [7, 11) is 0. The molecule has 2 aromatic carbocycles. The molecular formula is C21H18N2O2S. The van der Waals surface area contributed by atoms with Gasteiger partial charge in [0, 0.05) is 38.0 Å². The van der Waals surface area contributed by atoms with Gasteiger partial charge in [0.05, 0.1) is 5.52 Å². The van der Waals surface area contributed by atoms with Gasteiger partial charge >= 0.3 is 5.97 Å². The maximum Gasteiger partial charge on any atom is 0.323 e. The van der Waals surface area contributed by atoms with E-state index in [1.807, 2.05) is 35.8 Å². The van der Waals surface area contributed by atoms with E-state index in [0.717, 1.165) is 42.9 Å². The van der Waals surface area contributed by atoms with Crippen LogP contribution in [0.2, 0.25) is 0 Å². The van der Waals surface area contributed by atoms with Crippen LogP contribution in [0.4, 0.5) is 0 Å². The molecule has 0 unspecified atom stereocenters. The van der Waals surface area contributed by atoms with Crippen molar-refractivity contribution in [2.75, 3.05) is 0 Å². The first-order valence-corrected chi connectivity index (χ1v) is 9.19. The van der Waals surface area contributed by atoms with Crippen LogP contribution in [0.5, 0.6) is 0 Å². The lowest BCUT2D eigenvalue weighted by molar-refractivity contribution is -0.137. The molecule has 0 atom stereocenters. The number of pyridine rings is 1. The molecule has 2 heterocycles. The molecule has 0 amide bonds. The minimum atomic E-state index is -0.839. The number of aryl methyl sites for hydroxylation is 1. The van der Waals surface area contributed by atoms with E-state index in [9.17, 15) is 9.90 Å². The summed E-state index contributed by atoms with van der Waals surface area (Å²) >= 11 is 1.65. The van der Waals surface area contributed by atoms with E-state index in [-0.39, 0.29) is 6.54 Å². The normalized spacial score (nSPS) is 11.3. The van der Waals surface area contributed by atoms with E-state index in [1.165, 1.54) is 0 Å². The van der Waals surface area contributed by atoms with Gasteiger partial charge in [0.25, 0.3) is 0 Å². The Hall–Kier alpha value is -2.79. The molecule has 4 rings (SSSR count). The highest BCUT2D eigenvalue weighted by Gasteiger charge is 2.18. The Morgan fingerprint density at radius 2 is 1.96 bits per heavy atom. The summed E-state index contributed by atoms with van der Waals surface area (Å²) in [4.78, 5) is 18.0. The largest absolute Gasteiger partial charge is 0.480 e. The highest BCUT2D eigenvalue weighted by molar-refractivity contribution is 7.99. The van der Waals surface area contributed by atoms with Crippen LogP contribution in [0.25, 0.3) is 21.8 Å². The Morgan fingerprint density at radius 3 is 2.77 bits per heavy atom. The molecule has 4 aromatic rings. The summed E-state index contributed by atoms with van der Waals surface area (Å²) in [6.45, 7) is 4.00. The molecule has 0 aliphatic rings. The van der Waals surface area contributed by atoms with Crippen molar-refractivity contribution < 1.29 is 9.90 Å². The number of para-hydroxylation sites is 1. The Morgan fingerprint density at radius 1 is 1.15 bits per heavy atom. The van der Waals surface area contributed by atoms with Crippen LogP contribution in [0, 0.1) is 13.8 Å². The van der Waals surface area contributed by atoms with Crippen molar-refractivity contribution in [1.82, 2.24) is 9.55 Å². The van der Waals surface area contributed by atoms with Crippen LogP contribution in [0.15, 0.2) is 64.5 Å². The van der Waals surface area contributed by atoms with Crippen LogP contribution >= 0.6 is 11.8 Å². The quantitative estimate of drug-likeness (QED) is 0.552. The van der Waals surface area contributed by atoms with Crippen molar-refractivity contribution in [3.05, 3.63) is 66.0 Å². The third kappa shape index (κ3) is 2.84. The SMILES string of the molecule is Cc1ccc2c(c1)c(Sc1cccc3cccnc13)c(C)n2CC(=O)O. The molecule has 2 aromatic heterocycles. The summed E-state index contributed by atoms with van der Waals surface area (Å²) in [6, 6.07) is 16.3. The zero-order valence-corrected chi connectivity index (χ0v) is 15.4. The van der Waals surface area contributed by atoms with E-state index in [4.69, 9.17) is 0 Å². The lowest BCUT2D eigenvalue weighted by Crippen LogP contribution is -2.09. The van der Waals surface area contributed by atoms with Gasteiger partial charge in [-0.1, -0.05) is 41.6 Å². The van der Waals surface area contributed by atoms with Crippen molar-refractivity contribution in [3.8, 4) is 0 Å². The third-order valence-electron chi connectivity index (χ3n) is 4.52. The number of hydrogen-bond donors (Lipinski definition) is 1. The molecular weight excluding hydrogens is 344 g/mol. The number of carboxylic acids is 1. The van der Waals surface area contributed by atoms with Crippen LogP contribution < -0.4 is 0 Å². The first-order chi connectivity index (χ1) is 12.5. The number of rotatable bonds is 4. The van der Waals surface area contributed by atoms with Crippen molar-refractivity contribution in [2.45, 2.75) is 30.2 Å². The summed E-state index contributed by atoms with van der Waals surface area (Å²) in [5.74, 6) is -0.839. The smallest absolute Gasteiger partial charge is 0.323 e. The minimum Gasteiger partial charge on any atom is -0.480 e. The number of nitrogens with zero attached hydrogens (tertiary/aromatic N) is 2. The van der Waals surface area contributed by atoms with Crippen molar-refractivity contribution in [2.24, 2.45) is 0 Å². The monoisotopic (exact) mass is 362 g/mol. The maximum atomic E-state index is 11.3. The Kier molecular flexibility index (Phi) is 4.17. The maximum absolute atomic E-state index is 11.3. The van der Waals surface area contributed by atoms with Gasteiger partial charge in [-0.25, -0.2) is 0 Å². The van der Waals surface area contributed by atoms with Gasteiger partial charge in [-0.3, -0.25) is 9.78 Å². The molecule has 0 radical (unpaired) electrons. The summed E-state index contributed by atoms with van der Waals surface area (Å²) in [6.07, 6.45) is 1.80. The van der Waals surface area contributed by atoms with Gasteiger partial charge in [-0.05, 0) is 38.1 Å². The lowest BCUT2D eigenvalue weighted by Gasteiger charge is -2.07. The average molecular weight is 362 g/mol. The molecule has 26 heavy (non-hydrogen) atoms. The average Bonchev–Trinajstić information content (AvgIpc) is 2.87. The second-order valence-electron chi connectivity index (χ2n) is 6.35. The molecule has 1 N–H and O–H groups in total. The Labute approximate surface area is 155 Å². The molecule has 0 aliphatic carbocycles. The third-order valence-corrected chi connectivity index (χ3v) is 5.79. The Balaban J connectivity index is 1.92. The van der Waals surface area contributed by atoms with Gasteiger partial charge in [0.1, 0.15) is 6.54 Å². The first kappa shape index (κ1) is 16.7. The number of aliphatic carboxylic acids is 1. The number of carbonyl (C=O) groups is 1. The number of benzene rings is 2. The fraction of sp³-hybridized carbons (Fsp3) is 0.143. The van der Waals surface area contributed by atoms with E-state index in [1.54, 1.807) is 18.0 Å². The zero-order valence-electron chi connectivity index (χ0n) is 14.6. The van der Waals surface area contributed by atoms with Gasteiger partial charge in [0.2, 0.25) is 0 Å². The summed E-state index contributed by atoms with van der Waals surface area (Å²) in [5.41, 5.74) is 4.03. The molecule has 0 fully saturated rings. The summed E-state index contributed by atoms with van der Waals surface area (Å²) in [5, 5.41) is 11.5. The summed E-state index contributed by atoms with van der Waals surface area (Å²) < 4.78 is 1.87.